The molecule has 7 heteroatoms. The van der Waals surface area contributed by atoms with Crippen LogP contribution in [0.25, 0.3) is 0 Å². The van der Waals surface area contributed by atoms with Gasteiger partial charge in [0.15, 0.2) is 5.71 Å². The van der Waals surface area contributed by atoms with Crippen molar-refractivity contribution in [3.63, 3.8) is 0 Å². The number of amides is 1. The molecule has 1 heterocycles. The van der Waals surface area contributed by atoms with Crippen molar-refractivity contribution in [3.05, 3.63) is 56.1 Å². The number of nitrogens with one attached hydrogen (secondary N) is 1. The zero-order valence-corrected chi connectivity index (χ0v) is 14.0. The first-order chi connectivity index (χ1) is 10.6. The number of benzene rings is 2. The molecule has 1 aliphatic rings. The van der Waals surface area contributed by atoms with Crippen LogP contribution in [0, 0.1) is 3.57 Å². The zero-order valence-electron chi connectivity index (χ0n) is 11.0. The quantitative estimate of drug-likeness (QED) is 0.439. The third-order valence-corrected chi connectivity index (χ3v) is 4.10. The maximum absolute atomic E-state index is 11.9. The van der Waals surface area contributed by atoms with Crippen molar-refractivity contribution in [2.24, 2.45) is 10.2 Å². The second-order valence-corrected chi connectivity index (χ2v) is 6.12. The molecule has 22 heavy (non-hydrogen) atoms. The van der Waals surface area contributed by atoms with Crippen molar-refractivity contribution < 1.29 is 9.90 Å². The normalized spacial score (nSPS) is 15.4. The van der Waals surface area contributed by atoms with E-state index in [-0.39, 0.29) is 17.4 Å². The van der Waals surface area contributed by atoms with Gasteiger partial charge in [0.25, 0.3) is 5.91 Å². The van der Waals surface area contributed by atoms with Crippen LogP contribution < -0.4 is 5.32 Å². The summed E-state index contributed by atoms with van der Waals surface area (Å²) in [6, 6.07) is 10.5. The van der Waals surface area contributed by atoms with Crippen LogP contribution in [0.5, 0.6) is 5.75 Å². The number of phenols is 1. The Hall–Kier alpha value is -1.93. The van der Waals surface area contributed by atoms with Crippen molar-refractivity contribution in [2.75, 3.05) is 5.32 Å². The lowest BCUT2D eigenvalue weighted by Gasteiger charge is -2.01. The molecule has 0 fully saturated rings. The smallest absolute Gasteiger partial charge is 0.276 e. The fraction of sp³-hybridized carbons (Fsp3) is 0. The fourth-order valence-electron chi connectivity index (χ4n) is 2.03. The molecule has 0 radical (unpaired) electrons. The summed E-state index contributed by atoms with van der Waals surface area (Å²) in [7, 11) is 0. The molecule has 3 rings (SSSR count). The number of carbonyl (C=O) groups excluding carboxylic acids is 1. The lowest BCUT2D eigenvalue weighted by atomic mass is 10.1. The Kier molecular flexibility index (Phi) is 4.12. The summed E-state index contributed by atoms with van der Waals surface area (Å²) in [6.07, 6.45) is 1.37. The Labute approximate surface area is 144 Å². The van der Waals surface area contributed by atoms with Crippen LogP contribution in [0.3, 0.4) is 0 Å². The summed E-state index contributed by atoms with van der Waals surface area (Å²) in [5, 5.41) is 21.0. The second-order valence-electron chi connectivity index (χ2n) is 4.52. The van der Waals surface area contributed by atoms with Crippen LogP contribution in [-0.4, -0.2) is 22.9 Å². The summed E-state index contributed by atoms with van der Waals surface area (Å²) < 4.78 is 0.614. The number of hydrogen-bond acceptors (Lipinski definition) is 4. The number of fused-ring (bicyclic) bond motifs is 1. The van der Waals surface area contributed by atoms with Crippen molar-refractivity contribution >= 4 is 57.7 Å². The average Bonchev–Trinajstić information content (AvgIpc) is 2.80. The topological polar surface area (TPSA) is 74.0 Å². The van der Waals surface area contributed by atoms with E-state index in [0.29, 0.717) is 25.4 Å². The van der Waals surface area contributed by atoms with Gasteiger partial charge in [-0.3, -0.25) is 4.79 Å². The Morgan fingerprint density at radius 1 is 1.27 bits per heavy atom. The minimum Gasteiger partial charge on any atom is -0.506 e. The molecule has 0 aromatic heterocycles. The number of hydrogen-bond donors (Lipinski definition) is 2. The number of halogens is 2. The van der Waals surface area contributed by atoms with Gasteiger partial charge in [-0.25, -0.2) is 0 Å². The highest BCUT2D eigenvalue weighted by atomic mass is 127. The standard InChI is InChI=1S/C15H9ClIN3O2/c16-9-5-8(14(21)11(17)6-9)7-18-20-13-10-3-1-2-4-12(10)19-15(13)22/h1-7,21H,(H,19,20,22)/b18-7+. The molecule has 0 unspecified atom stereocenters. The van der Waals surface area contributed by atoms with Gasteiger partial charge >= 0.3 is 0 Å². The van der Waals surface area contributed by atoms with Gasteiger partial charge in [-0.1, -0.05) is 29.8 Å². The first kappa shape index (κ1) is 15.0. The lowest BCUT2D eigenvalue weighted by Crippen LogP contribution is -2.13. The predicted octanol–water partition coefficient (Wildman–Crippen LogP) is 3.43. The minimum absolute atomic E-state index is 0.0743. The van der Waals surface area contributed by atoms with Gasteiger partial charge in [-0.15, -0.1) is 5.10 Å². The molecule has 0 spiro atoms. The highest BCUT2D eigenvalue weighted by Gasteiger charge is 2.25. The Morgan fingerprint density at radius 3 is 2.86 bits per heavy atom. The van der Waals surface area contributed by atoms with Gasteiger partial charge in [0.1, 0.15) is 5.75 Å². The van der Waals surface area contributed by atoms with Crippen molar-refractivity contribution in [1.82, 2.24) is 0 Å². The highest BCUT2D eigenvalue weighted by Crippen LogP contribution is 2.27. The van der Waals surface area contributed by atoms with E-state index in [1.807, 2.05) is 34.7 Å². The molecule has 110 valence electrons. The highest BCUT2D eigenvalue weighted by molar-refractivity contribution is 14.1. The van der Waals surface area contributed by atoms with E-state index in [1.165, 1.54) is 6.21 Å². The van der Waals surface area contributed by atoms with Crippen LogP contribution >= 0.6 is 34.2 Å². The second kappa shape index (κ2) is 6.05. The van der Waals surface area contributed by atoms with Crippen LogP contribution in [0.1, 0.15) is 11.1 Å². The summed E-state index contributed by atoms with van der Waals surface area (Å²) in [4.78, 5) is 11.9. The van der Waals surface area contributed by atoms with E-state index >= 15 is 0 Å². The van der Waals surface area contributed by atoms with E-state index in [0.717, 1.165) is 0 Å². The third kappa shape index (κ3) is 2.84. The minimum atomic E-state index is -0.303. The molecule has 2 aromatic rings. The molecule has 0 saturated heterocycles. The van der Waals surface area contributed by atoms with Gasteiger partial charge in [-0.2, -0.15) is 5.10 Å². The van der Waals surface area contributed by atoms with E-state index in [9.17, 15) is 9.90 Å². The summed E-state index contributed by atoms with van der Waals surface area (Å²) in [6.45, 7) is 0. The molecule has 1 amide bonds. The fourth-order valence-corrected chi connectivity index (χ4v) is 3.09. The van der Waals surface area contributed by atoms with Crippen LogP contribution in [0.15, 0.2) is 46.6 Å². The number of aromatic hydroxyl groups is 1. The van der Waals surface area contributed by atoms with Gasteiger partial charge in [0.2, 0.25) is 0 Å². The number of anilines is 1. The molecule has 0 saturated carbocycles. The summed E-state index contributed by atoms with van der Waals surface area (Å²) in [5.41, 5.74) is 2.09. The van der Waals surface area contributed by atoms with E-state index in [1.54, 1.807) is 24.3 Å². The molecule has 0 bridgehead atoms. The largest absolute Gasteiger partial charge is 0.506 e. The van der Waals surface area contributed by atoms with Gasteiger partial charge < -0.3 is 10.4 Å². The first-order valence-corrected chi connectivity index (χ1v) is 7.71. The molecule has 0 atom stereocenters. The Morgan fingerprint density at radius 2 is 2.05 bits per heavy atom. The number of rotatable bonds is 2. The Balaban J connectivity index is 1.93. The van der Waals surface area contributed by atoms with E-state index in [2.05, 4.69) is 15.5 Å². The van der Waals surface area contributed by atoms with Gasteiger partial charge in [0, 0.05) is 16.1 Å². The molecule has 5 nitrogen and oxygen atoms in total. The molecule has 2 aromatic carbocycles. The molecule has 0 aliphatic carbocycles. The number of phenolic OH excluding ortho intramolecular Hbond substituents is 1. The SMILES string of the molecule is O=C1Nc2ccccc2/C1=N/N=C/c1cc(Cl)cc(I)c1O. The first-order valence-electron chi connectivity index (χ1n) is 6.26. The predicted molar refractivity (Wildman–Crippen MR) is 95.0 cm³/mol. The maximum Gasteiger partial charge on any atom is 0.276 e. The molecule has 1 aliphatic heterocycles. The van der Waals surface area contributed by atoms with E-state index < -0.39 is 0 Å². The zero-order chi connectivity index (χ0) is 15.7. The maximum atomic E-state index is 11.9. The van der Waals surface area contributed by atoms with Crippen molar-refractivity contribution in [1.29, 1.82) is 0 Å². The summed E-state index contributed by atoms with van der Waals surface area (Å²) >= 11 is 7.91. The number of para-hydroxylation sites is 1. The van der Waals surface area contributed by atoms with Gasteiger partial charge in [0.05, 0.1) is 15.5 Å². The summed E-state index contributed by atoms with van der Waals surface area (Å²) in [5.74, 6) is -0.228. The Bertz CT molecular complexity index is 834. The van der Waals surface area contributed by atoms with Crippen LogP contribution in [-0.2, 0) is 4.79 Å². The number of nitrogens with zero attached hydrogens (tertiary/aromatic N) is 2. The van der Waals surface area contributed by atoms with Gasteiger partial charge in [-0.05, 0) is 40.8 Å². The van der Waals surface area contributed by atoms with E-state index in [4.69, 9.17) is 11.6 Å². The number of carbonyl (C=O) groups is 1. The monoisotopic (exact) mass is 425 g/mol. The third-order valence-electron chi connectivity index (χ3n) is 3.06. The molecular weight excluding hydrogens is 417 g/mol. The van der Waals surface area contributed by atoms with Crippen molar-refractivity contribution in [2.45, 2.75) is 0 Å². The average molecular weight is 426 g/mol. The van der Waals surface area contributed by atoms with Crippen molar-refractivity contribution in [3.8, 4) is 5.75 Å². The lowest BCUT2D eigenvalue weighted by molar-refractivity contribution is -0.110. The van der Waals surface area contributed by atoms with Crippen LogP contribution in [0.2, 0.25) is 5.02 Å². The molecular formula is C15H9ClIN3O2. The van der Waals surface area contributed by atoms with Crippen LogP contribution in [0.4, 0.5) is 5.69 Å². The molecule has 2 N–H and O–H groups in total.